The van der Waals surface area contributed by atoms with Gasteiger partial charge in [0.15, 0.2) is 5.82 Å². The Balaban J connectivity index is 1.36. The summed E-state index contributed by atoms with van der Waals surface area (Å²) in [5.74, 6) is 1.92. The van der Waals surface area contributed by atoms with Crippen molar-refractivity contribution in [3.8, 4) is 11.4 Å². The summed E-state index contributed by atoms with van der Waals surface area (Å²) in [5, 5.41) is 14.2. The van der Waals surface area contributed by atoms with Gasteiger partial charge in [-0.3, -0.25) is 4.79 Å². The van der Waals surface area contributed by atoms with Crippen molar-refractivity contribution in [2.24, 2.45) is 0 Å². The van der Waals surface area contributed by atoms with E-state index in [1.165, 1.54) is 12.8 Å². The molecule has 0 saturated heterocycles. The SMILES string of the molecule is O=C(Cc1cccc2ccccc12)Nc1cccc(-c2nnc3n2CCCCC3)c1. The highest BCUT2D eigenvalue weighted by atomic mass is 16.1. The molecule has 1 N–H and O–H groups in total. The Morgan fingerprint density at radius 3 is 2.77 bits per heavy atom. The molecule has 5 nitrogen and oxygen atoms in total. The lowest BCUT2D eigenvalue weighted by atomic mass is 10.0. The fourth-order valence-corrected chi connectivity index (χ4v) is 4.26. The molecule has 0 radical (unpaired) electrons. The molecule has 0 atom stereocenters. The highest BCUT2D eigenvalue weighted by Gasteiger charge is 2.16. The molecule has 150 valence electrons. The Bertz CT molecular complexity index is 1210. The minimum atomic E-state index is -0.0245. The number of fused-ring (bicyclic) bond motifs is 2. The summed E-state index contributed by atoms with van der Waals surface area (Å²) in [5.41, 5.74) is 2.80. The Morgan fingerprint density at radius 1 is 0.933 bits per heavy atom. The van der Waals surface area contributed by atoms with Gasteiger partial charge in [-0.05, 0) is 41.3 Å². The third-order valence-electron chi connectivity index (χ3n) is 5.74. The predicted molar refractivity (Wildman–Crippen MR) is 119 cm³/mol. The first-order valence-electron chi connectivity index (χ1n) is 10.6. The van der Waals surface area contributed by atoms with Crippen LogP contribution >= 0.6 is 0 Å². The smallest absolute Gasteiger partial charge is 0.228 e. The number of nitrogens with zero attached hydrogens (tertiary/aromatic N) is 3. The van der Waals surface area contributed by atoms with Gasteiger partial charge in [0.2, 0.25) is 5.91 Å². The number of hydrogen-bond donors (Lipinski definition) is 1. The Kier molecular flexibility index (Phi) is 5.01. The molecule has 1 aliphatic rings. The fraction of sp³-hybridized carbons (Fsp3) is 0.240. The molecule has 0 bridgehead atoms. The molecule has 2 heterocycles. The zero-order valence-electron chi connectivity index (χ0n) is 16.8. The molecule has 0 saturated carbocycles. The van der Waals surface area contributed by atoms with Crippen molar-refractivity contribution in [2.75, 3.05) is 5.32 Å². The maximum atomic E-state index is 12.8. The topological polar surface area (TPSA) is 59.8 Å². The molecule has 0 unspecified atom stereocenters. The third-order valence-corrected chi connectivity index (χ3v) is 5.74. The van der Waals surface area contributed by atoms with Gasteiger partial charge in [0.05, 0.1) is 6.42 Å². The second-order valence-corrected chi connectivity index (χ2v) is 7.85. The molecule has 1 amide bonds. The van der Waals surface area contributed by atoms with Gasteiger partial charge in [-0.25, -0.2) is 0 Å². The number of aryl methyl sites for hydroxylation is 1. The number of carbonyl (C=O) groups is 1. The van der Waals surface area contributed by atoms with Crippen LogP contribution in [0.4, 0.5) is 5.69 Å². The van der Waals surface area contributed by atoms with Crippen LogP contribution in [-0.4, -0.2) is 20.7 Å². The molecule has 1 aliphatic heterocycles. The highest BCUT2D eigenvalue weighted by Crippen LogP contribution is 2.25. The van der Waals surface area contributed by atoms with Crippen molar-refractivity contribution < 1.29 is 4.79 Å². The van der Waals surface area contributed by atoms with Gasteiger partial charge in [-0.15, -0.1) is 10.2 Å². The van der Waals surface area contributed by atoms with Gasteiger partial charge in [-0.1, -0.05) is 61.0 Å². The van der Waals surface area contributed by atoms with Crippen molar-refractivity contribution in [3.63, 3.8) is 0 Å². The minimum Gasteiger partial charge on any atom is -0.326 e. The fourth-order valence-electron chi connectivity index (χ4n) is 4.26. The van der Waals surface area contributed by atoms with Crippen molar-refractivity contribution in [2.45, 2.75) is 38.6 Å². The first-order valence-corrected chi connectivity index (χ1v) is 10.6. The van der Waals surface area contributed by atoms with E-state index in [4.69, 9.17) is 0 Å². The van der Waals surface area contributed by atoms with E-state index in [0.29, 0.717) is 6.42 Å². The largest absolute Gasteiger partial charge is 0.326 e. The lowest BCUT2D eigenvalue weighted by molar-refractivity contribution is -0.115. The van der Waals surface area contributed by atoms with Crippen LogP contribution in [-0.2, 0) is 24.2 Å². The summed E-state index contributed by atoms with van der Waals surface area (Å²) in [7, 11) is 0. The van der Waals surface area contributed by atoms with E-state index in [-0.39, 0.29) is 5.91 Å². The van der Waals surface area contributed by atoms with Crippen LogP contribution in [0, 0.1) is 0 Å². The van der Waals surface area contributed by atoms with Crippen LogP contribution in [0.2, 0.25) is 0 Å². The standard InChI is InChI=1S/C25H24N4O/c30-24(17-19-10-6-9-18-8-3-4-13-22(18)19)26-21-12-7-11-20(16-21)25-28-27-23-14-2-1-5-15-29(23)25/h3-4,6-13,16H,1-2,5,14-15,17H2,(H,26,30). The number of benzene rings is 3. The van der Waals surface area contributed by atoms with Gasteiger partial charge < -0.3 is 9.88 Å². The van der Waals surface area contributed by atoms with E-state index < -0.39 is 0 Å². The second kappa shape index (κ2) is 8.11. The zero-order chi connectivity index (χ0) is 20.3. The number of carbonyl (C=O) groups excluding carboxylic acids is 1. The number of aromatic nitrogens is 3. The first kappa shape index (κ1) is 18.6. The Labute approximate surface area is 175 Å². The first-order chi connectivity index (χ1) is 14.8. The lowest BCUT2D eigenvalue weighted by Gasteiger charge is -2.10. The third kappa shape index (κ3) is 3.71. The van der Waals surface area contributed by atoms with E-state index in [0.717, 1.165) is 58.6 Å². The molecular formula is C25H24N4O. The normalized spacial score (nSPS) is 13.6. The summed E-state index contributed by atoms with van der Waals surface area (Å²) in [4.78, 5) is 12.8. The molecular weight excluding hydrogens is 372 g/mol. The molecule has 30 heavy (non-hydrogen) atoms. The van der Waals surface area contributed by atoms with Gasteiger partial charge in [-0.2, -0.15) is 0 Å². The molecule has 3 aromatic carbocycles. The van der Waals surface area contributed by atoms with Crippen LogP contribution in [0.1, 0.15) is 30.7 Å². The summed E-state index contributed by atoms with van der Waals surface area (Å²) in [6.07, 6.45) is 4.87. The van der Waals surface area contributed by atoms with Crippen LogP contribution in [0.15, 0.2) is 66.7 Å². The molecule has 5 rings (SSSR count). The van der Waals surface area contributed by atoms with Crippen molar-refractivity contribution in [1.82, 2.24) is 14.8 Å². The van der Waals surface area contributed by atoms with Crippen LogP contribution < -0.4 is 5.32 Å². The minimum absolute atomic E-state index is 0.0245. The average Bonchev–Trinajstić information content (AvgIpc) is 3.02. The highest BCUT2D eigenvalue weighted by molar-refractivity contribution is 5.96. The summed E-state index contributed by atoms with van der Waals surface area (Å²) < 4.78 is 2.23. The van der Waals surface area contributed by atoms with Gasteiger partial charge >= 0.3 is 0 Å². The van der Waals surface area contributed by atoms with Crippen molar-refractivity contribution >= 4 is 22.4 Å². The number of anilines is 1. The number of nitrogens with one attached hydrogen (secondary N) is 1. The molecule has 4 aromatic rings. The number of amides is 1. The number of hydrogen-bond acceptors (Lipinski definition) is 3. The van der Waals surface area contributed by atoms with E-state index in [1.807, 2.05) is 48.5 Å². The Hall–Kier alpha value is -3.47. The van der Waals surface area contributed by atoms with E-state index in [1.54, 1.807) is 0 Å². The van der Waals surface area contributed by atoms with E-state index in [9.17, 15) is 4.79 Å². The maximum absolute atomic E-state index is 12.8. The summed E-state index contributed by atoms with van der Waals surface area (Å²) >= 11 is 0. The lowest BCUT2D eigenvalue weighted by Crippen LogP contribution is -2.14. The average molecular weight is 396 g/mol. The summed E-state index contributed by atoms with van der Waals surface area (Å²) in [6, 6.07) is 22.2. The van der Waals surface area contributed by atoms with Crippen molar-refractivity contribution in [3.05, 3.63) is 78.1 Å². The van der Waals surface area contributed by atoms with Crippen molar-refractivity contribution in [1.29, 1.82) is 0 Å². The van der Waals surface area contributed by atoms with Gasteiger partial charge in [0, 0.05) is 24.2 Å². The van der Waals surface area contributed by atoms with Crippen LogP contribution in [0.5, 0.6) is 0 Å². The van der Waals surface area contributed by atoms with Crippen LogP contribution in [0.25, 0.3) is 22.2 Å². The number of rotatable bonds is 4. The van der Waals surface area contributed by atoms with Crippen LogP contribution in [0.3, 0.4) is 0 Å². The van der Waals surface area contributed by atoms with Gasteiger partial charge in [0.25, 0.3) is 0 Å². The second-order valence-electron chi connectivity index (χ2n) is 7.85. The molecule has 5 heteroatoms. The zero-order valence-corrected chi connectivity index (χ0v) is 16.8. The molecule has 1 aromatic heterocycles. The quantitative estimate of drug-likeness (QED) is 0.528. The monoisotopic (exact) mass is 396 g/mol. The molecule has 0 spiro atoms. The Morgan fingerprint density at radius 2 is 1.80 bits per heavy atom. The predicted octanol–water partition coefficient (Wildman–Crippen LogP) is 5.01. The maximum Gasteiger partial charge on any atom is 0.228 e. The molecule has 0 aliphatic carbocycles. The van der Waals surface area contributed by atoms with E-state index in [2.05, 4.69) is 38.3 Å². The molecule has 0 fully saturated rings. The summed E-state index contributed by atoms with van der Waals surface area (Å²) in [6.45, 7) is 0.954. The van der Waals surface area contributed by atoms with Gasteiger partial charge in [0.1, 0.15) is 5.82 Å². The van der Waals surface area contributed by atoms with E-state index >= 15 is 0 Å².